The van der Waals surface area contributed by atoms with E-state index < -0.39 is 0 Å². The monoisotopic (exact) mass is 283 g/mol. The smallest absolute Gasteiger partial charge is 0.254 e. The highest BCUT2D eigenvalue weighted by atomic mass is 16.3. The van der Waals surface area contributed by atoms with Crippen molar-refractivity contribution in [1.82, 2.24) is 4.90 Å². The number of amides is 1. The van der Waals surface area contributed by atoms with Crippen LogP contribution in [0.5, 0.6) is 0 Å². The van der Waals surface area contributed by atoms with Gasteiger partial charge < -0.3 is 15.1 Å². The first kappa shape index (κ1) is 14.7. The lowest BCUT2D eigenvalue weighted by Crippen LogP contribution is -2.31. The van der Waals surface area contributed by atoms with Crippen LogP contribution in [0.1, 0.15) is 28.1 Å². The fraction of sp³-hybridized carbons (Fsp3) is 0.250. The Morgan fingerprint density at radius 2 is 2.24 bits per heavy atom. The lowest BCUT2D eigenvalue weighted by molar-refractivity contribution is 0.0734. The van der Waals surface area contributed by atoms with Gasteiger partial charge in [0.1, 0.15) is 5.76 Å². The molecule has 0 radical (unpaired) electrons. The number of nitrogens with two attached hydrogens (primary N) is 1. The van der Waals surface area contributed by atoms with E-state index in [9.17, 15) is 4.79 Å². The molecule has 1 aromatic carbocycles. The summed E-state index contributed by atoms with van der Waals surface area (Å²) in [4.78, 5) is 14.3. The third-order valence-corrected chi connectivity index (χ3v) is 3.20. The summed E-state index contributed by atoms with van der Waals surface area (Å²) in [7, 11) is 0. The number of furan rings is 1. The van der Waals surface area contributed by atoms with E-state index in [0.29, 0.717) is 30.1 Å². The minimum absolute atomic E-state index is 0.147. The number of nitrogens with zero attached hydrogens (tertiary/aromatic N) is 2. The van der Waals surface area contributed by atoms with Gasteiger partial charge in [-0.25, -0.2) is 0 Å². The molecular weight excluding hydrogens is 266 g/mol. The fourth-order valence-corrected chi connectivity index (χ4v) is 2.07. The average molecular weight is 283 g/mol. The van der Waals surface area contributed by atoms with Crippen molar-refractivity contribution >= 4 is 11.6 Å². The van der Waals surface area contributed by atoms with Gasteiger partial charge in [0.25, 0.3) is 5.91 Å². The molecule has 1 aromatic heterocycles. The maximum absolute atomic E-state index is 12.7. The minimum Gasteiger partial charge on any atom is -0.467 e. The molecule has 0 saturated carbocycles. The molecule has 5 heteroatoms. The summed E-state index contributed by atoms with van der Waals surface area (Å²) in [6, 6.07) is 10.9. The van der Waals surface area contributed by atoms with Crippen LogP contribution in [-0.4, -0.2) is 17.4 Å². The molecule has 21 heavy (non-hydrogen) atoms. The highest BCUT2D eigenvalue weighted by Crippen LogP contribution is 2.17. The van der Waals surface area contributed by atoms with Crippen molar-refractivity contribution in [2.24, 2.45) is 0 Å². The third kappa shape index (κ3) is 3.63. The van der Waals surface area contributed by atoms with Crippen LogP contribution >= 0.6 is 0 Å². The maximum Gasteiger partial charge on any atom is 0.254 e. The van der Waals surface area contributed by atoms with E-state index in [1.807, 2.05) is 13.0 Å². The van der Waals surface area contributed by atoms with Crippen molar-refractivity contribution in [1.29, 1.82) is 5.26 Å². The first-order valence-electron chi connectivity index (χ1n) is 6.66. The molecule has 0 saturated heterocycles. The quantitative estimate of drug-likeness (QED) is 0.855. The molecular formula is C16H17N3O2. The zero-order valence-corrected chi connectivity index (χ0v) is 11.9. The molecule has 0 bridgehead atoms. The van der Waals surface area contributed by atoms with Crippen molar-refractivity contribution in [3.63, 3.8) is 0 Å². The molecule has 0 atom stereocenters. The highest BCUT2D eigenvalue weighted by Gasteiger charge is 2.19. The van der Waals surface area contributed by atoms with Crippen LogP contribution in [0.25, 0.3) is 0 Å². The number of hydrogen-bond donors (Lipinski definition) is 1. The number of rotatable bonds is 5. The fourth-order valence-electron chi connectivity index (χ4n) is 2.07. The van der Waals surface area contributed by atoms with Crippen LogP contribution < -0.4 is 5.73 Å². The van der Waals surface area contributed by atoms with Crippen molar-refractivity contribution in [3.05, 3.63) is 53.5 Å². The first-order chi connectivity index (χ1) is 10.1. The second-order valence-electron chi connectivity index (χ2n) is 4.79. The lowest BCUT2D eigenvalue weighted by atomic mass is 10.1. The van der Waals surface area contributed by atoms with Crippen molar-refractivity contribution in [2.45, 2.75) is 19.9 Å². The van der Waals surface area contributed by atoms with Crippen LogP contribution in [0.15, 0.2) is 41.0 Å². The number of aryl methyl sites for hydroxylation is 1. The first-order valence-corrected chi connectivity index (χ1v) is 6.66. The Bertz CT molecular complexity index is 657. The molecule has 108 valence electrons. The summed E-state index contributed by atoms with van der Waals surface area (Å²) in [6.07, 6.45) is 1.84. The summed E-state index contributed by atoms with van der Waals surface area (Å²) in [5.41, 5.74) is 7.72. The van der Waals surface area contributed by atoms with E-state index in [1.54, 1.807) is 35.4 Å². The van der Waals surface area contributed by atoms with E-state index in [0.717, 1.165) is 5.56 Å². The highest BCUT2D eigenvalue weighted by molar-refractivity contribution is 5.96. The van der Waals surface area contributed by atoms with E-state index >= 15 is 0 Å². The molecule has 2 N–H and O–H groups in total. The molecule has 0 fully saturated rings. The van der Waals surface area contributed by atoms with Gasteiger partial charge in [-0.3, -0.25) is 4.79 Å². The summed E-state index contributed by atoms with van der Waals surface area (Å²) >= 11 is 0. The number of hydrogen-bond acceptors (Lipinski definition) is 4. The molecule has 0 unspecified atom stereocenters. The SMILES string of the molecule is Cc1ccc(N)cc1C(=O)N(CCC#N)Cc1ccco1. The Morgan fingerprint density at radius 3 is 2.90 bits per heavy atom. The van der Waals surface area contributed by atoms with Crippen LogP contribution in [0, 0.1) is 18.3 Å². The lowest BCUT2D eigenvalue weighted by Gasteiger charge is -2.21. The topological polar surface area (TPSA) is 83.3 Å². The van der Waals surface area contributed by atoms with Gasteiger partial charge in [0, 0.05) is 17.8 Å². The second-order valence-corrected chi connectivity index (χ2v) is 4.79. The largest absolute Gasteiger partial charge is 0.467 e. The molecule has 1 heterocycles. The van der Waals surface area contributed by atoms with E-state index in [4.69, 9.17) is 15.4 Å². The number of carbonyl (C=O) groups excluding carboxylic acids is 1. The summed E-state index contributed by atoms with van der Waals surface area (Å²) < 4.78 is 5.28. The standard InChI is InChI=1S/C16H17N3O2/c1-12-5-6-13(18)10-15(12)16(20)19(8-3-7-17)11-14-4-2-9-21-14/h2,4-6,9-10H,3,8,11,18H2,1H3. The Morgan fingerprint density at radius 1 is 1.43 bits per heavy atom. The van der Waals surface area contributed by atoms with Crippen LogP contribution in [0.2, 0.25) is 0 Å². The van der Waals surface area contributed by atoms with Crippen molar-refractivity contribution < 1.29 is 9.21 Å². The summed E-state index contributed by atoms with van der Waals surface area (Å²) in [5.74, 6) is 0.536. The Kier molecular flexibility index (Phi) is 4.62. The predicted octanol–water partition coefficient (Wildman–Crippen LogP) is 2.73. The van der Waals surface area contributed by atoms with Gasteiger partial charge in [-0.05, 0) is 36.8 Å². The Labute approximate surface area is 123 Å². The van der Waals surface area contributed by atoms with E-state index in [-0.39, 0.29) is 12.3 Å². The van der Waals surface area contributed by atoms with Crippen molar-refractivity contribution in [3.8, 4) is 6.07 Å². The Balaban J connectivity index is 2.24. The van der Waals surface area contributed by atoms with Gasteiger partial charge in [0.15, 0.2) is 0 Å². The zero-order valence-electron chi connectivity index (χ0n) is 11.9. The predicted molar refractivity (Wildman–Crippen MR) is 79.3 cm³/mol. The van der Waals surface area contributed by atoms with Gasteiger partial charge >= 0.3 is 0 Å². The number of anilines is 1. The molecule has 0 aliphatic rings. The molecule has 0 aliphatic heterocycles. The van der Waals surface area contributed by atoms with Crippen LogP contribution in [0.4, 0.5) is 5.69 Å². The van der Waals surface area contributed by atoms with Gasteiger partial charge in [-0.1, -0.05) is 6.07 Å². The number of benzene rings is 1. The molecule has 5 nitrogen and oxygen atoms in total. The average Bonchev–Trinajstić information content (AvgIpc) is 2.98. The zero-order chi connectivity index (χ0) is 15.2. The van der Waals surface area contributed by atoms with Gasteiger partial charge in [-0.15, -0.1) is 0 Å². The summed E-state index contributed by atoms with van der Waals surface area (Å²) in [6.45, 7) is 2.55. The molecule has 2 aromatic rings. The maximum atomic E-state index is 12.7. The van der Waals surface area contributed by atoms with Gasteiger partial charge in [0.05, 0.1) is 25.3 Å². The van der Waals surface area contributed by atoms with E-state index in [2.05, 4.69) is 6.07 Å². The number of nitriles is 1. The number of nitrogen functional groups attached to an aromatic ring is 1. The number of carbonyl (C=O) groups is 1. The van der Waals surface area contributed by atoms with Gasteiger partial charge in [0.2, 0.25) is 0 Å². The van der Waals surface area contributed by atoms with Gasteiger partial charge in [-0.2, -0.15) is 5.26 Å². The Hall–Kier alpha value is -2.74. The molecule has 0 aliphatic carbocycles. The molecule has 2 rings (SSSR count). The summed E-state index contributed by atoms with van der Waals surface area (Å²) in [5, 5.41) is 8.76. The molecule has 1 amide bonds. The normalized spacial score (nSPS) is 10.1. The van der Waals surface area contributed by atoms with Crippen molar-refractivity contribution in [2.75, 3.05) is 12.3 Å². The van der Waals surface area contributed by atoms with Crippen LogP contribution in [0.3, 0.4) is 0 Å². The minimum atomic E-state index is -0.147. The third-order valence-electron chi connectivity index (χ3n) is 3.20. The van der Waals surface area contributed by atoms with E-state index in [1.165, 1.54) is 0 Å². The van der Waals surface area contributed by atoms with Crippen LogP contribution in [-0.2, 0) is 6.54 Å². The second kappa shape index (κ2) is 6.62. The molecule has 0 spiro atoms.